The van der Waals surface area contributed by atoms with Gasteiger partial charge in [0.2, 0.25) is 0 Å². The highest BCUT2D eigenvalue weighted by Gasteiger charge is 2.11. The predicted octanol–water partition coefficient (Wildman–Crippen LogP) is 4.11. The highest BCUT2D eigenvalue weighted by molar-refractivity contribution is 7.98. The van der Waals surface area contributed by atoms with E-state index in [1.165, 1.54) is 11.8 Å². The lowest BCUT2D eigenvalue weighted by Crippen LogP contribution is -1.98. The van der Waals surface area contributed by atoms with Gasteiger partial charge in [-0.2, -0.15) is 0 Å². The van der Waals surface area contributed by atoms with Crippen LogP contribution in [0, 0.1) is 6.92 Å². The normalized spacial score (nSPS) is 10.8. The maximum Gasteiger partial charge on any atom is 0.189 e. The van der Waals surface area contributed by atoms with E-state index in [0.29, 0.717) is 16.4 Å². The van der Waals surface area contributed by atoms with Crippen molar-refractivity contribution in [1.82, 2.24) is 9.97 Å². The van der Waals surface area contributed by atoms with E-state index in [0.717, 1.165) is 16.8 Å². The average molecular weight is 297 g/mol. The zero-order valence-electron chi connectivity index (χ0n) is 11.8. The van der Waals surface area contributed by atoms with Crippen LogP contribution < -0.4 is 5.32 Å². The molecule has 0 unspecified atom stereocenters. The van der Waals surface area contributed by atoms with E-state index in [9.17, 15) is 5.11 Å². The number of fused-ring (bicyclic) bond motifs is 1. The SMILES string of the molecule is CSc1nc(Nc2cccc(C)c2)c2c(O)cccc2n1. The number of phenolic OH excluding ortho intramolecular Hbond substituents is 1. The molecule has 4 nitrogen and oxygen atoms in total. The van der Waals surface area contributed by atoms with E-state index in [2.05, 4.69) is 15.3 Å². The van der Waals surface area contributed by atoms with Crippen LogP contribution in [0.3, 0.4) is 0 Å². The minimum atomic E-state index is 0.176. The molecule has 0 bridgehead atoms. The highest BCUT2D eigenvalue weighted by atomic mass is 32.2. The number of aryl methyl sites for hydroxylation is 1. The van der Waals surface area contributed by atoms with Gasteiger partial charge in [0.1, 0.15) is 11.6 Å². The lowest BCUT2D eigenvalue weighted by molar-refractivity contribution is 0.481. The molecule has 0 aliphatic rings. The number of benzene rings is 2. The van der Waals surface area contributed by atoms with Crippen molar-refractivity contribution in [2.75, 3.05) is 11.6 Å². The van der Waals surface area contributed by atoms with Crippen molar-refractivity contribution >= 4 is 34.2 Å². The highest BCUT2D eigenvalue weighted by Crippen LogP contribution is 2.32. The Kier molecular flexibility index (Phi) is 3.66. The smallest absolute Gasteiger partial charge is 0.189 e. The lowest BCUT2D eigenvalue weighted by Gasteiger charge is -2.11. The van der Waals surface area contributed by atoms with Crippen LogP contribution in [0.2, 0.25) is 0 Å². The molecule has 0 aliphatic heterocycles. The molecule has 0 atom stereocenters. The first-order valence-electron chi connectivity index (χ1n) is 6.55. The summed E-state index contributed by atoms with van der Waals surface area (Å²) in [5, 5.41) is 14.7. The van der Waals surface area contributed by atoms with Crippen LogP contribution in [0.1, 0.15) is 5.56 Å². The minimum absolute atomic E-state index is 0.176. The first-order valence-corrected chi connectivity index (χ1v) is 7.77. The molecule has 0 spiro atoms. The third kappa shape index (κ3) is 2.78. The number of anilines is 2. The molecule has 2 N–H and O–H groups in total. The second kappa shape index (κ2) is 5.61. The maximum atomic E-state index is 10.1. The second-order valence-electron chi connectivity index (χ2n) is 4.72. The molecule has 0 aliphatic carbocycles. The second-order valence-corrected chi connectivity index (χ2v) is 5.50. The summed E-state index contributed by atoms with van der Waals surface area (Å²) in [6.07, 6.45) is 1.93. The van der Waals surface area contributed by atoms with E-state index in [1.807, 2.05) is 43.5 Å². The Morgan fingerprint density at radius 2 is 1.90 bits per heavy atom. The largest absolute Gasteiger partial charge is 0.507 e. The van der Waals surface area contributed by atoms with Crippen LogP contribution in [0.4, 0.5) is 11.5 Å². The third-order valence-corrected chi connectivity index (χ3v) is 3.69. The Morgan fingerprint density at radius 3 is 2.67 bits per heavy atom. The van der Waals surface area contributed by atoms with Crippen LogP contribution in [0.5, 0.6) is 5.75 Å². The molecule has 106 valence electrons. The number of aromatic nitrogens is 2. The van der Waals surface area contributed by atoms with Gasteiger partial charge >= 0.3 is 0 Å². The van der Waals surface area contributed by atoms with Gasteiger partial charge in [-0.25, -0.2) is 9.97 Å². The Morgan fingerprint density at radius 1 is 1.10 bits per heavy atom. The van der Waals surface area contributed by atoms with Gasteiger partial charge in [-0.1, -0.05) is 30.0 Å². The first kappa shape index (κ1) is 13.7. The molecule has 3 aromatic rings. The Bertz CT molecular complexity index is 805. The monoisotopic (exact) mass is 297 g/mol. The summed E-state index contributed by atoms with van der Waals surface area (Å²) >= 11 is 1.47. The summed E-state index contributed by atoms with van der Waals surface area (Å²) in [6.45, 7) is 2.04. The molecule has 2 aromatic carbocycles. The standard InChI is InChI=1S/C16H15N3OS/c1-10-5-3-6-11(9-10)17-15-14-12(7-4-8-13(14)20)18-16(19-15)21-2/h3-9,20H,1-2H3,(H,17,18,19). The van der Waals surface area contributed by atoms with Gasteiger partial charge in [-0.05, 0) is 43.0 Å². The number of rotatable bonds is 3. The fourth-order valence-electron chi connectivity index (χ4n) is 2.18. The molecule has 0 saturated carbocycles. The van der Waals surface area contributed by atoms with Crippen LogP contribution in [-0.2, 0) is 0 Å². The molecule has 0 fully saturated rings. The van der Waals surface area contributed by atoms with Gasteiger partial charge in [0.25, 0.3) is 0 Å². The number of nitrogens with one attached hydrogen (secondary N) is 1. The average Bonchev–Trinajstić information content (AvgIpc) is 2.47. The topological polar surface area (TPSA) is 58.0 Å². The molecule has 0 amide bonds. The van der Waals surface area contributed by atoms with Crippen LogP contribution in [0.15, 0.2) is 47.6 Å². The summed E-state index contributed by atoms with van der Waals surface area (Å²) in [5.74, 6) is 0.795. The fraction of sp³-hybridized carbons (Fsp3) is 0.125. The zero-order valence-corrected chi connectivity index (χ0v) is 12.6. The van der Waals surface area contributed by atoms with Crippen molar-refractivity contribution < 1.29 is 5.11 Å². The summed E-state index contributed by atoms with van der Waals surface area (Å²) in [4.78, 5) is 8.91. The summed E-state index contributed by atoms with van der Waals surface area (Å²) in [7, 11) is 0. The van der Waals surface area contributed by atoms with Crippen molar-refractivity contribution in [3.63, 3.8) is 0 Å². The third-order valence-electron chi connectivity index (χ3n) is 3.14. The van der Waals surface area contributed by atoms with Crippen molar-refractivity contribution in [2.45, 2.75) is 12.1 Å². The summed E-state index contributed by atoms with van der Waals surface area (Å²) < 4.78 is 0. The van der Waals surface area contributed by atoms with Gasteiger partial charge in [-0.3, -0.25) is 0 Å². The van der Waals surface area contributed by atoms with Gasteiger partial charge in [0.15, 0.2) is 5.16 Å². The van der Waals surface area contributed by atoms with E-state index in [4.69, 9.17) is 0 Å². The zero-order chi connectivity index (χ0) is 14.8. The predicted molar refractivity (Wildman–Crippen MR) is 87.4 cm³/mol. The van der Waals surface area contributed by atoms with E-state index in [1.54, 1.807) is 12.1 Å². The first-order chi connectivity index (χ1) is 10.2. The number of hydrogen-bond donors (Lipinski definition) is 2. The van der Waals surface area contributed by atoms with Gasteiger partial charge in [-0.15, -0.1) is 0 Å². The molecular weight excluding hydrogens is 282 g/mol. The van der Waals surface area contributed by atoms with Crippen LogP contribution in [-0.4, -0.2) is 21.3 Å². The molecule has 3 rings (SSSR count). The van der Waals surface area contributed by atoms with Gasteiger partial charge in [0, 0.05) is 5.69 Å². The van der Waals surface area contributed by atoms with Gasteiger partial charge in [0.05, 0.1) is 10.9 Å². The maximum absolute atomic E-state index is 10.1. The van der Waals surface area contributed by atoms with E-state index < -0.39 is 0 Å². The fourth-order valence-corrected chi connectivity index (χ4v) is 2.56. The summed E-state index contributed by atoms with van der Waals surface area (Å²) in [5.41, 5.74) is 2.82. The molecule has 21 heavy (non-hydrogen) atoms. The molecule has 0 saturated heterocycles. The Balaban J connectivity index is 2.16. The molecule has 0 radical (unpaired) electrons. The molecule has 5 heteroatoms. The van der Waals surface area contributed by atoms with Crippen molar-refractivity contribution in [3.05, 3.63) is 48.0 Å². The van der Waals surface area contributed by atoms with E-state index in [-0.39, 0.29) is 5.75 Å². The number of phenols is 1. The Hall–Kier alpha value is -2.27. The van der Waals surface area contributed by atoms with E-state index >= 15 is 0 Å². The van der Waals surface area contributed by atoms with Crippen molar-refractivity contribution in [2.24, 2.45) is 0 Å². The van der Waals surface area contributed by atoms with Gasteiger partial charge < -0.3 is 10.4 Å². The lowest BCUT2D eigenvalue weighted by atomic mass is 10.2. The summed E-state index contributed by atoms with van der Waals surface area (Å²) in [6, 6.07) is 13.3. The number of aromatic hydroxyl groups is 1. The molecule has 1 aromatic heterocycles. The number of thioether (sulfide) groups is 1. The number of hydrogen-bond acceptors (Lipinski definition) is 5. The van der Waals surface area contributed by atoms with Crippen LogP contribution >= 0.6 is 11.8 Å². The number of nitrogens with zero attached hydrogens (tertiary/aromatic N) is 2. The molecule has 1 heterocycles. The van der Waals surface area contributed by atoms with Crippen molar-refractivity contribution in [3.8, 4) is 5.75 Å². The molecular formula is C16H15N3OS. The van der Waals surface area contributed by atoms with Crippen molar-refractivity contribution in [1.29, 1.82) is 0 Å². The Labute approximate surface area is 127 Å². The minimum Gasteiger partial charge on any atom is -0.507 e. The quantitative estimate of drug-likeness (QED) is 0.563. The van der Waals surface area contributed by atoms with Crippen LogP contribution in [0.25, 0.3) is 10.9 Å².